The predicted molar refractivity (Wildman–Crippen MR) is 152 cm³/mol. The van der Waals surface area contributed by atoms with Crippen LogP contribution in [0.4, 0.5) is 11.4 Å². The summed E-state index contributed by atoms with van der Waals surface area (Å²) >= 11 is 0. The second-order valence-electron chi connectivity index (χ2n) is 10.2. The normalized spacial score (nSPS) is 19.2. The smallest absolute Gasteiger partial charge is 0.225 e. The van der Waals surface area contributed by atoms with Gasteiger partial charge in [0.15, 0.2) is 0 Å². The van der Waals surface area contributed by atoms with Crippen LogP contribution in [0, 0.1) is 0 Å². The van der Waals surface area contributed by atoms with E-state index in [4.69, 9.17) is 0 Å². The van der Waals surface area contributed by atoms with Gasteiger partial charge in [-0.25, -0.2) is 0 Å². The van der Waals surface area contributed by atoms with Crippen LogP contribution in [0.1, 0.15) is 30.5 Å². The van der Waals surface area contributed by atoms with E-state index in [9.17, 15) is 4.79 Å². The third-order valence-electron chi connectivity index (χ3n) is 7.64. The lowest BCUT2D eigenvalue weighted by Crippen LogP contribution is -2.49. The largest absolute Gasteiger partial charge is 0.366 e. The summed E-state index contributed by atoms with van der Waals surface area (Å²) in [5.41, 5.74) is 4.75. The second-order valence-corrected chi connectivity index (χ2v) is 10.2. The minimum atomic E-state index is 0.0807. The Morgan fingerprint density at radius 2 is 1.49 bits per heavy atom. The van der Waals surface area contributed by atoms with E-state index >= 15 is 0 Å². The average Bonchev–Trinajstić information content (AvgIpc) is 2.95. The van der Waals surface area contributed by atoms with Gasteiger partial charge < -0.3 is 20.4 Å². The van der Waals surface area contributed by atoms with Gasteiger partial charge in [0.2, 0.25) is 5.91 Å². The number of amides is 1. The Labute approximate surface area is 221 Å². The number of nitrogens with one attached hydrogen (secondary N) is 2. The Balaban J connectivity index is 1.10. The minimum absolute atomic E-state index is 0.0807. The molecule has 1 amide bonds. The summed E-state index contributed by atoms with van der Waals surface area (Å²) in [6.45, 7) is 9.98. The van der Waals surface area contributed by atoms with Crippen molar-refractivity contribution < 1.29 is 4.79 Å². The van der Waals surface area contributed by atoms with Crippen LogP contribution in [0.3, 0.4) is 0 Å². The zero-order chi connectivity index (χ0) is 25.5. The van der Waals surface area contributed by atoms with Crippen molar-refractivity contribution in [2.75, 3.05) is 62.6 Å². The summed E-state index contributed by atoms with van der Waals surface area (Å²) in [7, 11) is 0. The first-order valence-corrected chi connectivity index (χ1v) is 13.6. The third kappa shape index (κ3) is 6.58. The van der Waals surface area contributed by atoms with E-state index in [0.29, 0.717) is 12.5 Å². The van der Waals surface area contributed by atoms with Crippen molar-refractivity contribution >= 4 is 17.3 Å². The van der Waals surface area contributed by atoms with Gasteiger partial charge in [0.25, 0.3) is 0 Å². The molecular formula is C31H39N5O. The van der Waals surface area contributed by atoms with E-state index in [0.717, 1.165) is 58.0 Å². The number of hydrogen-bond donors (Lipinski definition) is 2. The molecule has 1 atom stereocenters. The number of carbonyl (C=O) groups is 1. The van der Waals surface area contributed by atoms with Gasteiger partial charge in [-0.1, -0.05) is 60.7 Å². The molecule has 2 N–H and O–H groups in total. The minimum Gasteiger partial charge on any atom is -0.366 e. The molecule has 2 aliphatic heterocycles. The molecule has 6 heteroatoms. The molecule has 37 heavy (non-hydrogen) atoms. The molecule has 3 aromatic rings. The molecule has 5 rings (SSSR count). The highest BCUT2D eigenvalue weighted by Crippen LogP contribution is 2.29. The zero-order valence-corrected chi connectivity index (χ0v) is 21.9. The molecule has 194 valence electrons. The number of benzene rings is 3. The lowest BCUT2D eigenvalue weighted by molar-refractivity contribution is -0.116. The Hall–Kier alpha value is -3.19. The van der Waals surface area contributed by atoms with Crippen LogP contribution in [0.2, 0.25) is 0 Å². The first-order valence-electron chi connectivity index (χ1n) is 13.6. The highest BCUT2D eigenvalue weighted by molar-refractivity contribution is 5.91. The first kappa shape index (κ1) is 25.5. The van der Waals surface area contributed by atoms with Gasteiger partial charge in [-0.05, 0) is 42.3 Å². The van der Waals surface area contributed by atoms with Gasteiger partial charge >= 0.3 is 0 Å². The van der Waals surface area contributed by atoms with Gasteiger partial charge in [0, 0.05) is 76.2 Å². The molecule has 2 heterocycles. The Kier molecular flexibility index (Phi) is 8.51. The van der Waals surface area contributed by atoms with Crippen molar-refractivity contribution in [1.82, 2.24) is 15.1 Å². The summed E-state index contributed by atoms with van der Waals surface area (Å²) in [5.74, 6) is 0.0807. The fourth-order valence-electron chi connectivity index (χ4n) is 5.57. The van der Waals surface area contributed by atoms with Crippen molar-refractivity contribution in [2.24, 2.45) is 0 Å². The van der Waals surface area contributed by atoms with Gasteiger partial charge in [0.1, 0.15) is 0 Å². The van der Waals surface area contributed by atoms with Crippen LogP contribution < -0.4 is 15.5 Å². The van der Waals surface area contributed by atoms with Crippen molar-refractivity contribution in [3.8, 4) is 0 Å². The lowest BCUT2D eigenvalue weighted by Gasteiger charge is -2.39. The SMILES string of the molecule is CC1CNCCN1c1ccc(NC(=O)CCN2CCN(C(c3ccccc3)c3ccccc3)CC2)cc1. The average molecular weight is 498 g/mol. The molecule has 0 spiro atoms. The van der Waals surface area contributed by atoms with Gasteiger partial charge in [-0.3, -0.25) is 9.69 Å². The van der Waals surface area contributed by atoms with Gasteiger partial charge in [-0.2, -0.15) is 0 Å². The molecule has 3 aromatic carbocycles. The maximum atomic E-state index is 12.7. The van der Waals surface area contributed by atoms with E-state index in [1.165, 1.54) is 16.8 Å². The van der Waals surface area contributed by atoms with Crippen molar-refractivity contribution in [1.29, 1.82) is 0 Å². The van der Waals surface area contributed by atoms with Gasteiger partial charge in [0.05, 0.1) is 6.04 Å². The van der Waals surface area contributed by atoms with E-state index in [-0.39, 0.29) is 11.9 Å². The van der Waals surface area contributed by atoms with Crippen LogP contribution in [0.25, 0.3) is 0 Å². The number of nitrogens with zero attached hydrogens (tertiary/aromatic N) is 3. The van der Waals surface area contributed by atoms with Gasteiger partial charge in [-0.15, -0.1) is 0 Å². The number of anilines is 2. The highest BCUT2D eigenvalue weighted by atomic mass is 16.1. The summed E-state index contributed by atoms with van der Waals surface area (Å²) in [4.78, 5) is 20.1. The van der Waals surface area contributed by atoms with Crippen LogP contribution >= 0.6 is 0 Å². The number of piperazine rings is 2. The summed E-state index contributed by atoms with van der Waals surface area (Å²) in [6.07, 6.45) is 0.511. The topological polar surface area (TPSA) is 50.9 Å². The van der Waals surface area contributed by atoms with E-state index in [2.05, 4.69) is 105 Å². The van der Waals surface area contributed by atoms with Crippen molar-refractivity contribution in [3.05, 3.63) is 96.1 Å². The lowest BCUT2D eigenvalue weighted by atomic mass is 9.96. The molecule has 2 fully saturated rings. The first-order chi connectivity index (χ1) is 18.2. The third-order valence-corrected chi connectivity index (χ3v) is 7.64. The van der Waals surface area contributed by atoms with Crippen molar-refractivity contribution in [3.63, 3.8) is 0 Å². The van der Waals surface area contributed by atoms with E-state index in [1.54, 1.807) is 0 Å². The molecular weight excluding hydrogens is 458 g/mol. The van der Waals surface area contributed by atoms with E-state index in [1.807, 2.05) is 12.1 Å². The predicted octanol–water partition coefficient (Wildman–Crippen LogP) is 4.22. The van der Waals surface area contributed by atoms with E-state index < -0.39 is 0 Å². The molecule has 2 aliphatic rings. The molecule has 0 bridgehead atoms. The monoisotopic (exact) mass is 497 g/mol. The summed E-state index contributed by atoms with van der Waals surface area (Å²) in [6, 6.07) is 30.6. The van der Waals surface area contributed by atoms with Crippen LogP contribution in [0.15, 0.2) is 84.9 Å². The van der Waals surface area contributed by atoms with Crippen LogP contribution in [-0.4, -0.2) is 74.1 Å². The van der Waals surface area contributed by atoms with Crippen LogP contribution in [0.5, 0.6) is 0 Å². The molecule has 0 aromatic heterocycles. The fraction of sp³-hybridized carbons (Fsp3) is 0.387. The second kappa shape index (κ2) is 12.4. The van der Waals surface area contributed by atoms with Crippen LogP contribution in [-0.2, 0) is 4.79 Å². The number of carbonyl (C=O) groups excluding carboxylic acids is 1. The summed E-state index contributed by atoms with van der Waals surface area (Å²) in [5, 5.41) is 6.52. The molecule has 0 radical (unpaired) electrons. The quantitative estimate of drug-likeness (QED) is 0.488. The van der Waals surface area contributed by atoms with Crippen molar-refractivity contribution in [2.45, 2.75) is 25.4 Å². The molecule has 6 nitrogen and oxygen atoms in total. The Bertz CT molecular complexity index is 1070. The Morgan fingerprint density at radius 3 is 2.08 bits per heavy atom. The number of hydrogen-bond acceptors (Lipinski definition) is 5. The zero-order valence-electron chi connectivity index (χ0n) is 21.9. The molecule has 0 saturated carbocycles. The number of rotatable bonds is 8. The fourth-order valence-corrected chi connectivity index (χ4v) is 5.57. The molecule has 2 saturated heterocycles. The maximum Gasteiger partial charge on any atom is 0.225 e. The maximum absolute atomic E-state index is 12.7. The molecule has 0 aliphatic carbocycles. The molecule has 1 unspecified atom stereocenters. The Morgan fingerprint density at radius 1 is 0.865 bits per heavy atom. The highest BCUT2D eigenvalue weighted by Gasteiger charge is 2.26. The summed E-state index contributed by atoms with van der Waals surface area (Å²) < 4.78 is 0. The standard InChI is InChI=1S/C31H39N5O/c1-25-24-32-17-19-36(25)29-14-12-28(13-15-29)33-30(37)16-18-34-20-22-35(23-21-34)31(26-8-4-2-5-9-26)27-10-6-3-7-11-27/h2-15,25,31-32H,16-24H2,1H3,(H,33,37).